The van der Waals surface area contributed by atoms with Gasteiger partial charge in [-0.1, -0.05) is 0 Å². The van der Waals surface area contributed by atoms with Gasteiger partial charge in [0.25, 0.3) is 5.69 Å². The van der Waals surface area contributed by atoms with Crippen LogP contribution >= 0.6 is 11.8 Å². The monoisotopic (exact) mass is 376 g/mol. The van der Waals surface area contributed by atoms with Gasteiger partial charge in [-0.15, -0.1) is 11.8 Å². The molecule has 0 saturated carbocycles. The van der Waals surface area contributed by atoms with Gasteiger partial charge >= 0.3 is 5.97 Å². The highest BCUT2D eigenvalue weighted by Crippen LogP contribution is 2.34. The summed E-state index contributed by atoms with van der Waals surface area (Å²) in [5, 5.41) is 19.3. The van der Waals surface area contributed by atoms with Gasteiger partial charge in [0.15, 0.2) is 0 Å². The quantitative estimate of drug-likeness (QED) is 0.445. The lowest BCUT2D eigenvalue weighted by atomic mass is 10.3. The topological polar surface area (TPSA) is 127 Å². The van der Waals surface area contributed by atoms with Gasteiger partial charge < -0.3 is 9.84 Å². The molecule has 1 aliphatic heterocycles. The fraction of sp³-hybridized carbons (Fsp3) is 0.462. The Balaban J connectivity index is 2.37. The number of nitro benzene ring substituents is 1. The summed E-state index contributed by atoms with van der Waals surface area (Å²) in [6.07, 6.45) is 0. The Hall–Kier alpha value is -1.69. The molecule has 0 radical (unpaired) electrons. The Morgan fingerprint density at radius 1 is 1.42 bits per heavy atom. The zero-order valence-corrected chi connectivity index (χ0v) is 14.4. The van der Waals surface area contributed by atoms with Crippen molar-refractivity contribution in [1.82, 2.24) is 4.31 Å². The molecule has 1 saturated heterocycles. The number of carboxylic acid groups (broad SMARTS) is 1. The number of aliphatic carboxylic acids is 1. The van der Waals surface area contributed by atoms with Crippen LogP contribution in [0.2, 0.25) is 0 Å². The summed E-state index contributed by atoms with van der Waals surface area (Å²) in [5.41, 5.74) is -0.428. The summed E-state index contributed by atoms with van der Waals surface area (Å²) < 4.78 is 31.4. The van der Waals surface area contributed by atoms with Crippen molar-refractivity contribution in [2.75, 3.05) is 26.3 Å². The van der Waals surface area contributed by atoms with Gasteiger partial charge in [0.1, 0.15) is 5.25 Å². The van der Waals surface area contributed by atoms with E-state index in [-0.39, 0.29) is 36.1 Å². The molecular formula is C13H16N2O7S2. The highest BCUT2D eigenvalue weighted by molar-refractivity contribution is 8.00. The highest BCUT2D eigenvalue weighted by atomic mass is 32.2. The van der Waals surface area contributed by atoms with Crippen molar-refractivity contribution < 1.29 is 28.0 Å². The zero-order valence-electron chi connectivity index (χ0n) is 12.7. The second-order valence-corrected chi connectivity index (χ2v) is 8.32. The maximum Gasteiger partial charge on any atom is 0.316 e. The number of morpholine rings is 1. The van der Waals surface area contributed by atoms with Crippen LogP contribution < -0.4 is 0 Å². The summed E-state index contributed by atoms with van der Waals surface area (Å²) in [5.74, 6) is -1.11. The third-order valence-corrected chi connectivity index (χ3v) is 6.44. The molecule has 1 heterocycles. The Morgan fingerprint density at radius 3 is 2.58 bits per heavy atom. The van der Waals surface area contributed by atoms with Crippen LogP contribution in [0.3, 0.4) is 0 Å². The van der Waals surface area contributed by atoms with Crippen LogP contribution in [0.5, 0.6) is 0 Å². The van der Waals surface area contributed by atoms with E-state index < -0.39 is 31.9 Å². The number of hydrogen-bond donors (Lipinski definition) is 1. The fourth-order valence-electron chi connectivity index (χ4n) is 2.08. The van der Waals surface area contributed by atoms with E-state index in [0.29, 0.717) is 0 Å². The summed E-state index contributed by atoms with van der Waals surface area (Å²) in [6.45, 7) is 2.30. The van der Waals surface area contributed by atoms with E-state index in [4.69, 9.17) is 9.84 Å². The van der Waals surface area contributed by atoms with Gasteiger partial charge in [0.05, 0.1) is 27.9 Å². The first-order valence-electron chi connectivity index (χ1n) is 6.99. The Morgan fingerprint density at radius 2 is 2.04 bits per heavy atom. The van der Waals surface area contributed by atoms with Crippen molar-refractivity contribution >= 4 is 33.4 Å². The van der Waals surface area contributed by atoms with Crippen LogP contribution in [0.4, 0.5) is 5.69 Å². The summed E-state index contributed by atoms with van der Waals surface area (Å²) >= 11 is 0.792. The van der Waals surface area contributed by atoms with Crippen molar-refractivity contribution in [3.8, 4) is 0 Å². The predicted octanol–water partition coefficient (Wildman–Crippen LogP) is 1.18. The molecule has 1 aromatic carbocycles. The smallest absolute Gasteiger partial charge is 0.316 e. The van der Waals surface area contributed by atoms with E-state index in [1.165, 1.54) is 23.4 Å². The highest BCUT2D eigenvalue weighted by Gasteiger charge is 2.29. The fourth-order valence-corrected chi connectivity index (χ4v) is 4.39. The minimum Gasteiger partial charge on any atom is -0.480 e. The van der Waals surface area contributed by atoms with E-state index in [9.17, 15) is 23.3 Å². The van der Waals surface area contributed by atoms with Crippen molar-refractivity contribution in [2.45, 2.75) is 22.0 Å². The molecule has 0 bridgehead atoms. The van der Waals surface area contributed by atoms with Gasteiger partial charge in [0, 0.05) is 19.2 Å². The largest absolute Gasteiger partial charge is 0.480 e. The molecular weight excluding hydrogens is 360 g/mol. The number of hydrogen-bond acceptors (Lipinski definition) is 7. The minimum atomic E-state index is -3.86. The normalized spacial score (nSPS) is 17.4. The van der Waals surface area contributed by atoms with E-state index in [1.807, 2.05) is 0 Å². The minimum absolute atomic E-state index is 0.107. The first-order valence-corrected chi connectivity index (χ1v) is 9.31. The standard InChI is InChI=1S/C13H16N2O7S2/c1-9(13(16)17)23-12-3-2-10(8-11(12)15(18)19)24(20,21)14-4-6-22-7-5-14/h2-3,8-9H,4-7H2,1H3,(H,16,17)/t9-/m1/s1. The lowest BCUT2D eigenvalue weighted by molar-refractivity contribution is -0.388. The predicted molar refractivity (Wildman–Crippen MR) is 85.6 cm³/mol. The number of rotatable bonds is 6. The first-order chi connectivity index (χ1) is 11.2. The molecule has 0 spiro atoms. The second kappa shape index (κ2) is 7.47. The average Bonchev–Trinajstić information content (AvgIpc) is 2.55. The SMILES string of the molecule is C[C@@H](Sc1ccc(S(=O)(=O)N2CCOCC2)cc1[N+](=O)[O-])C(=O)O. The average molecular weight is 376 g/mol. The molecule has 0 amide bonds. The van der Waals surface area contributed by atoms with E-state index >= 15 is 0 Å². The van der Waals surface area contributed by atoms with E-state index in [1.54, 1.807) is 0 Å². The van der Waals surface area contributed by atoms with Gasteiger partial charge in [-0.25, -0.2) is 8.42 Å². The van der Waals surface area contributed by atoms with Crippen LogP contribution in [0.25, 0.3) is 0 Å². The molecule has 24 heavy (non-hydrogen) atoms. The van der Waals surface area contributed by atoms with Gasteiger partial charge in [-0.2, -0.15) is 4.31 Å². The number of carbonyl (C=O) groups is 1. The maximum absolute atomic E-state index is 12.6. The van der Waals surface area contributed by atoms with Crippen molar-refractivity contribution in [3.63, 3.8) is 0 Å². The van der Waals surface area contributed by atoms with Crippen LogP contribution in [-0.2, 0) is 19.6 Å². The molecule has 0 unspecified atom stereocenters. The third kappa shape index (κ3) is 4.04. The molecule has 9 nitrogen and oxygen atoms in total. The summed E-state index contributed by atoms with van der Waals surface area (Å²) in [4.78, 5) is 21.4. The molecule has 1 aromatic rings. The molecule has 2 rings (SSSR count). The molecule has 1 aliphatic rings. The van der Waals surface area contributed by atoms with E-state index in [2.05, 4.69) is 0 Å². The van der Waals surface area contributed by atoms with Gasteiger partial charge in [-0.05, 0) is 19.1 Å². The second-order valence-electron chi connectivity index (χ2n) is 5.00. The van der Waals surface area contributed by atoms with Crippen LogP contribution in [-0.4, -0.2) is 60.3 Å². The zero-order chi connectivity index (χ0) is 17.9. The molecule has 0 aliphatic carbocycles. The number of thioether (sulfide) groups is 1. The van der Waals surface area contributed by atoms with Crippen LogP contribution in [0, 0.1) is 10.1 Å². The Kier molecular flexibility index (Phi) is 5.80. The molecule has 11 heteroatoms. The van der Waals surface area contributed by atoms with Crippen LogP contribution in [0.15, 0.2) is 28.0 Å². The Labute approximate surface area is 142 Å². The molecule has 1 N–H and O–H groups in total. The third-order valence-electron chi connectivity index (χ3n) is 3.39. The number of carboxylic acids is 1. The number of benzene rings is 1. The first kappa shape index (κ1) is 18.6. The molecule has 132 valence electrons. The van der Waals surface area contributed by atoms with Gasteiger partial charge in [0.2, 0.25) is 10.0 Å². The molecule has 1 atom stereocenters. The van der Waals surface area contributed by atoms with Crippen molar-refractivity contribution in [3.05, 3.63) is 28.3 Å². The van der Waals surface area contributed by atoms with Crippen molar-refractivity contribution in [1.29, 1.82) is 0 Å². The van der Waals surface area contributed by atoms with Gasteiger partial charge in [-0.3, -0.25) is 14.9 Å². The maximum atomic E-state index is 12.6. The number of nitro groups is 1. The lowest BCUT2D eigenvalue weighted by Crippen LogP contribution is -2.40. The van der Waals surface area contributed by atoms with E-state index in [0.717, 1.165) is 17.8 Å². The summed E-state index contributed by atoms with van der Waals surface area (Å²) in [7, 11) is -3.86. The van der Waals surface area contributed by atoms with Crippen molar-refractivity contribution in [2.24, 2.45) is 0 Å². The summed E-state index contributed by atoms with van der Waals surface area (Å²) in [6, 6.07) is 3.51. The number of ether oxygens (including phenoxy) is 1. The Bertz CT molecular complexity index is 745. The number of nitrogens with zero attached hydrogens (tertiary/aromatic N) is 2. The number of sulfonamides is 1. The lowest BCUT2D eigenvalue weighted by Gasteiger charge is -2.26. The molecule has 1 fully saturated rings. The van der Waals surface area contributed by atoms with Crippen LogP contribution in [0.1, 0.15) is 6.92 Å². The molecule has 0 aromatic heterocycles.